The number of rotatable bonds is 9. The number of likely N-dealkylation sites (N-methyl/N-ethyl adjacent to an activating group) is 1. The topological polar surface area (TPSA) is 41.3 Å². The summed E-state index contributed by atoms with van der Waals surface area (Å²) in [5.74, 6) is 0. The monoisotopic (exact) mass is 269 g/mol. The lowest BCUT2D eigenvalue weighted by molar-refractivity contribution is 0.297. The van der Waals surface area contributed by atoms with E-state index in [1.807, 2.05) is 11.3 Å². The van der Waals surface area contributed by atoms with Crippen LogP contribution >= 0.6 is 11.3 Å². The van der Waals surface area contributed by atoms with E-state index in [4.69, 9.17) is 5.73 Å². The summed E-state index contributed by atoms with van der Waals surface area (Å²) >= 11 is 1.88. The summed E-state index contributed by atoms with van der Waals surface area (Å²) in [5.41, 5.74) is 5.87. The van der Waals surface area contributed by atoms with E-state index in [2.05, 4.69) is 43.1 Å². The number of nitrogens with one attached hydrogen (secondary N) is 1. The van der Waals surface area contributed by atoms with Crippen LogP contribution in [0.25, 0.3) is 0 Å². The number of nitrogens with two attached hydrogens (primary N) is 1. The van der Waals surface area contributed by atoms with Crippen molar-refractivity contribution in [2.75, 3.05) is 32.7 Å². The SMILES string of the molecule is CCc1ccc(C(CN)NCCN(CC)CC)s1. The van der Waals surface area contributed by atoms with Crippen molar-refractivity contribution in [1.29, 1.82) is 0 Å². The van der Waals surface area contributed by atoms with Crippen LogP contribution in [0.3, 0.4) is 0 Å². The summed E-state index contributed by atoms with van der Waals surface area (Å²) in [6.07, 6.45) is 1.11. The van der Waals surface area contributed by atoms with Gasteiger partial charge in [0, 0.05) is 29.4 Å². The summed E-state index contributed by atoms with van der Waals surface area (Å²) in [6.45, 7) is 11.6. The van der Waals surface area contributed by atoms with Crippen molar-refractivity contribution < 1.29 is 0 Å². The molecule has 0 fully saturated rings. The molecule has 0 aliphatic carbocycles. The Morgan fingerprint density at radius 1 is 1.28 bits per heavy atom. The molecule has 0 saturated heterocycles. The summed E-state index contributed by atoms with van der Waals surface area (Å²) in [4.78, 5) is 5.23. The number of nitrogens with zero attached hydrogens (tertiary/aromatic N) is 1. The molecule has 0 aliphatic rings. The van der Waals surface area contributed by atoms with Crippen LogP contribution in [0, 0.1) is 0 Å². The van der Waals surface area contributed by atoms with E-state index in [1.165, 1.54) is 9.75 Å². The molecule has 0 spiro atoms. The van der Waals surface area contributed by atoms with E-state index >= 15 is 0 Å². The van der Waals surface area contributed by atoms with E-state index < -0.39 is 0 Å². The Kier molecular flexibility index (Phi) is 7.51. The van der Waals surface area contributed by atoms with Crippen molar-refractivity contribution in [1.82, 2.24) is 10.2 Å². The van der Waals surface area contributed by atoms with E-state index in [1.54, 1.807) is 0 Å². The Bertz CT molecular complexity index is 321. The zero-order valence-corrected chi connectivity index (χ0v) is 12.7. The third kappa shape index (κ3) is 4.69. The maximum Gasteiger partial charge on any atom is 0.0539 e. The lowest BCUT2D eigenvalue weighted by Crippen LogP contribution is -2.35. The third-order valence-corrected chi connectivity index (χ3v) is 4.67. The first-order chi connectivity index (χ1) is 8.74. The average molecular weight is 269 g/mol. The average Bonchev–Trinajstić information content (AvgIpc) is 2.88. The second-order valence-electron chi connectivity index (χ2n) is 4.43. The predicted octanol–water partition coefficient (Wildman–Crippen LogP) is 2.24. The molecule has 0 aromatic carbocycles. The van der Waals surface area contributed by atoms with Gasteiger partial charge in [-0.3, -0.25) is 0 Å². The molecule has 1 atom stereocenters. The van der Waals surface area contributed by atoms with Crippen LogP contribution in [0.4, 0.5) is 0 Å². The highest BCUT2D eigenvalue weighted by atomic mass is 32.1. The van der Waals surface area contributed by atoms with Crippen molar-refractivity contribution >= 4 is 11.3 Å². The van der Waals surface area contributed by atoms with Crippen LogP contribution in [0.5, 0.6) is 0 Å². The second kappa shape index (κ2) is 8.64. The fraction of sp³-hybridized carbons (Fsp3) is 0.714. The van der Waals surface area contributed by atoms with Crippen LogP contribution in [0.2, 0.25) is 0 Å². The first-order valence-electron chi connectivity index (χ1n) is 6.99. The highest BCUT2D eigenvalue weighted by molar-refractivity contribution is 7.12. The van der Waals surface area contributed by atoms with E-state index in [0.29, 0.717) is 12.6 Å². The highest BCUT2D eigenvalue weighted by Crippen LogP contribution is 2.23. The molecule has 3 nitrogen and oxygen atoms in total. The van der Waals surface area contributed by atoms with E-state index in [9.17, 15) is 0 Å². The van der Waals surface area contributed by atoms with Gasteiger partial charge in [0.05, 0.1) is 6.04 Å². The van der Waals surface area contributed by atoms with E-state index in [0.717, 1.165) is 32.6 Å². The Labute approximate surface area is 115 Å². The van der Waals surface area contributed by atoms with Gasteiger partial charge in [-0.2, -0.15) is 0 Å². The fourth-order valence-electron chi connectivity index (χ4n) is 2.01. The van der Waals surface area contributed by atoms with Gasteiger partial charge in [0.15, 0.2) is 0 Å². The molecule has 104 valence electrons. The maximum absolute atomic E-state index is 5.87. The first-order valence-corrected chi connectivity index (χ1v) is 7.81. The number of thiophene rings is 1. The van der Waals surface area contributed by atoms with Gasteiger partial charge >= 0.3 is 0 Å². The largest absolute Gasteiger partial charge is 0.329 e. The molecular weight excluding hydrogens is 242 g/mol. The van der Waals surface area contributed by atoms with Gasteiger partial charge < -0.3 is 16.0 Å². The van der Waals surface area contributed by atoms with Gasteiger partial charge in [0.25, 0.3) is 0 Å². The molecule has 1 rings (SSSR count). The smallest absolute Gasteiger partial charge is 0.0539 e. The standard InChI is InChI=1S/C14H27N3S/c1-4-12-7-8-14(18-12)13(11-15)16-9-10-17(5-2)6-3/h7-8,13,16H,4-6,9-11,15H2,1-3H3. The maximum atomic E-state index is 5.87. The van der Waals surface area contributed by atoms with Gasteiger partial charge in [-0.05, 0) is 31.6 Å². The summed E-state index contributed by atoms with van der Waals surface area (Å²) in [5, 5.41) is 3.57. The minimum absolute atomic E-state index is 0.311. The Balaban J connectivity index is 2.42. The van der Waals surface area contributed by atoms with Crippen molar-refractivity contribution in [2.24, 2.45) is 5.73 Å². The molecule has 0 aliphatic heterocycles. The van der Waals surface area contributed by atoms with Crippen molar-refractivity contribution in [3.8, 4) is 0 Å². The Morgan fingerprint density at radius 3 is 2.50 bits per heavy atom. The van der Waals surface area contributed by atoms with Crippen molar-refractivity contribution in [3.05, 3.63) is 21.9 Å². The molecule has 18 heavy (non-hydrogen) atoms. The van der Waals surface area contributed by atoms with Crippen molar-refractivity contribution in [3.63, 3.8) is 0 Å². The third-order valence-electron chi connectivity index (χ3n) is 3.32. The van der Waals surface area contributed by atoms with Gasteiger partial charge in [-0.1, -0.05) is 20.8 Å². The summed E-state index contributed by atoms with van der Waals surface area (Å²) < 4.78 is 0. The predicted molar refractivity (Wildman–Crippen MR) is 81.3 cm³/mol. The van der Waals surface area contributed by atoms with Crippen LogP contribution in [-0.2, 0) is 6.42 Å². The van der Waals surface area contributed by atoms with Gasteiger partial charge in [0.1, 0.15) is 0 Å². The molecule has 1 aromatic rings. The molecule has 1 aromatic heterocycles. The Morgan fingerprint density at radius 2 is 2.00 bits per heavy atom. The lowest BCUT2D eigenvalue weighted by Gasteiger charge is -2.21. The zero-order chi connectivity index (χ0) is 13.4. The van der Waals surface area contributed by atoms with E-state index in [-0.39, 0.29) is 0 Å². The summed E-state index contributed by atoms with van der Waals surface area (Å²) in [7, 11) is 0. The molecule has 0 bridgehead atoms. The van der Waals surface area contributed by atoms with Crippen LogP contribution in [-0.4, -0.2) is 37.6 Å². The van der Waals surface area contributed by atoms with Crippen LogP contribution < -0.4 is 11.1 Å². The number of hydrogen-bond acceptors (Lipinski definition) is 4. The van der Waals surface area contributed by atoms with Gasteiger partial charge in [-0.25, -0.2) is 0 Å². The lowest BCUT2D eigenvalue weighted by atomic mass is 10.2. The number of aryl methyl sites for hydroxylation is 1. The summed E-state index contributed by atoms with van der Waals surface area (Å²) in [6, 6.07) is 4.74. The molecule has 0 saturated carbocycles. The quantitative estimate of drug-likeness (QED) is 0.722. The van der Waals surface area contributed by atoms with Crippen LogP contribution in [0.15, 0.2) is 12.1 Å². The normalized spacial score (nSPS) is 13.2. The van der Waals surface area contributed by atoms with Crippen LogP contribution in [0.1, 0.15) is 36.6 Å². The first kappa shape index (κ1) is 15.6. The highest BCUT2D eigenvalue weighted by Gasteiger charge is 2.11. The minimum atomic E-state index is 0.311. The molecule has 3 N–H and O–H groups in total. The Hall–Kier alpha value is -0.420. The minimum Gasteiger partial charge on any atom is -0.329 e. The molecule has 1 heterocycles. The molecule has 0 amide bonds. The molecule has 1 unspecified atom stereocenters. The molecule has 0 radical (unpaired) electrons. The fourth-order valence-corrected chi connectivity index (χ4v) is 3.05. The second-order valence-corrected chi connectivity index (χ2v) is 5.63. The van der Waals surface area contributed by atoms with Gasteiger partial charge in [0.2, 0.25) is 0 Å². The number of hydrogen-bond donors (Lipinski definition) is 2. The zero-order valence-electron chi connectivity index (χ0n) is 11.9. The van der Waals surface area contributed by atoms with Gasteiger partial charge in [-0.15, -0.1) is 11.3 Å². The molecular formula is C14H27N3S. The molecule has 4 heteroatoms. The van der Waals surface area contributed by atoms with Crippen molar-refractivity contribution in [2.45, 2.75) is 33.2 Å².